The molecule has 6 heteroatoms. The van der Waals surface area contributed by atoms with Gasteiger partial charge in [-0.25, -0.2) is 4.98 Å². The van der Waals surface area contributed by atoms with Crippen molar-refractivity contribution in [1.82, 2.24) is 15.3 Å². The monoisotopic (exact) mass is 300 g/mol. The summed E-state index contributed by atoms with van der Waals surface area (Å²) < 4.78 is 5.96. The molecule has 1 atom stereocenters. The molecule has 1 aromatic heterocycles. The second-order valence-electron chi connectivity index (χ2n) is 4.14. The third kappa shape index (κ3) is 2.87. The number of rotatable bonds is 3. The van der Waals surface area contributed by atoms with Crippen LogP contribution in [0, 0.1) is 0 Å². The van der Waals surface area contributed by atoms with Gasteiger partial charge in [0, 0.05) is 19.6 Å². The molecular weight excluding hydrogens is 284 g/mol. The molecule has 0 saturated carbocycles. The molecule has 1 N–H and O–H groups in total. The predicted octanol–water partition coefficient (Wildman–Crippen LogP) is 1.44. The van der Waals surface area contributed by atoms with Crippen molar-refractivity contribution in [2.45, 2.75) is 18.9 Å². The zero-order valence-electron chi connectivity index (χ0n) is 10.1. The van der Waals surface area contributed by atoms with Crippen LogP contribution in [-0.2, 0) is 0 Å². The number of hydrogen-bond acceptors (Lipinski definition) is 5. The lowest BCUT2D eigenvalue weighted by Gasteiger charge is -2.31. The van der Waals surface area contributed by atoms with Crippen LogP contribution in [0.15, 0.2) is 10.7 Å². The van der Waals surface area contributed by atoms with E-state index in [1.54, 1.807) is 13.3 Å². The first-order valence-electron chi connectivity index (χ1n) is 5.72. The number of methoxy groups -OCH3 is 1. The molecule has 0 spiro atoms. The van der Waals surface area contributed by atoms with Crippen molar-refractivity contribution in [3.05, 3.63) is 10.7 Å². The second kappa shape index (κ2) is 5.64. The summed E-state index contributed by atoms with van der Waals surface area (Å²) in [6.07, 6.45) is 4.10. The predicted molar refractivity (Wildman–Crippen MR) is 70.6 cm³/mol. The van der Waals surface area contributed by atoms with Crippen molar-refractivity contribution in [2.24, 2.45) is 0 Å². The molecule has 0 aliphatic carbocycles. The minimum absolute atomic E-state index is 0.453. The molecule has 2 rings (SSSR count). The molecular formula is C11H17BrN4O. The number of likely N-dealkylation sites (N-methyl/N-ethyl adjacent to an activating group) is 1. The van der Waals surface area contributed by atoms with E-state index in [1.807, 2.05) is 7.05 Å². The van der Waals surface area contributed by atoms with Crippen molar-refractivity contribution in [3.63, 3.8) is 0 Å². The summed E-state index contributed by atoms with van der Waals surface area (Å²) in [5.74, 6) is 1.28. The minimum atomic E-state index is 0.453. The van der Waals surface area contributed by atoms with Crippen LogP contribution in [0.5, 0.6) is 5.88 Å². The van der Waals surface area contributed by atoms with Gasteiger partial charge in [-0.1, -0.05) is 0 Å². The van der Waals surface area contributed by atoms with Crippen LogP contribution < -0.4 is 15.0 Å². The number of nitrogens with one attached hydrogen (secondary N) is 1. The first-order chi connectivity index (χ1) is 8.22. The van der Waals surface area contributed by atoms with E-state index in [4.69, 9.17) is 4.74 Å². The minimum Gasteiger partial charge on any atom is -0.480 e. The Morgan fingerprint density at radius 2 is 2.41 bits per heavy atom. The summed E-state index contributed by atoms with van der Waals surface area (Å²) >= 11 is 3.35. The second-order valence-corrected chi connectivity index (χ2v) is 4.99. The molecule has 1 saturated heterocycles. The highest BCUT2D eigenvalue weighted by Crippen LogP contribution is 2.24. The maximum Gasteiger partial charge on any atom is 0.232 e. The van der Waals surface area contributed by atoms with Crippen LogP contribution in [0.2, 0.25) is 0 Å². The molecule has 0 aromatic carbocycles. The molecule has 1 aliphatic rings. The Kier molecular flexibility index (Phi) is 4.17. The maximum atomic E-state index is 5.18. The third-order valence-electron chi connectivity index (χ3n) is 3.03. The summed E-state index contributed by atoms with van der Waals surface area (Å²) in [7, 11) is 3.64. The van der Waals surface area contributed by atoms with Gasteiger partial charge in [0.15, 0.2) is 0 Å². The molecule has 17 heavy (non-hydrogen) atoms. The van der Waals surface area contributed by atoms with Gasteiger partial charge < -0.3 is 15.0 Å². The SMILES string of the molecule is COc1nc(N(C)C2CCCNC2)ncc1Br. The normalized spacial score (nSPS) is 20.1. The standard InChI is InChI=1S/C11H17BrN4O/c1-16(8-4-3-5-13-6-8)11-14-7-9(12)10(15-11)17-2/h7-8,13H,3-6H2,1-2H3. The number of piperidine rings is 1. The van der Waals surface area contributed by atoms with Crippen molar-refractivity contribution in [1.29, 1.82) is 0 Å². The van der Waals surface area contributed by atoms with Gasteiger partial charge in [0.1, 0.15) is 0 Å². The number of nitrogens with zero attached hydrogens (tertiary/aromatic N) is 3. The molecule has 5 nitrogen and oxygen atoms in total. The Labute approximate surface area is 110 Å². The van der Waals surface area contributed by atoms with E-state index >= 15 is 0 Å². The topological polar surface area (TPSA) is 50.3 Å². The van der Waals surface area contributed by atoms with Crippen LogP contribution in [0.25, 0.3) is 0 Å². The van der Waals surface area contributed by atoms with E-state index in [9.17, 15) is 0 Å². The number of hydrogen-bond donors (Lipinski definition) is 1. The molecule has 1 aromatic rings. The van der Waals surface area contributed by atoms with Crippen molar-refractivity contribution < 1.29 is 4.74 Å². The van der Waals surface area contributed by atoms with Gasteiger partial charge in [-0.15, -0.1) is 0 Å². The molecule has 0 radical (unpaired) electrons. The van der Waals surface area contributed by atoms with Gasteiger partial charge in [0.05, 0.1) is 17.8 Å². The molecule has 2 heterocycles. The largest absolute Gasteiger partial charge is 0.480 e. The first-order valence-corrected chi connectivity index (χ1v) is 6.51. The van der Waals surface area contributed by atoms with E-state index in [1.165, 1.54) is 12.8 Å². The van der Waals surface area contributed by atoms with Crippen LogP contribution in [0.1, 0.15) is 12.8 Å². The Balaban J connectivity index is 2.15. The van der Waals surface area contributed by atoms with Gasteiger partial charge in [-0.2, -0.15) is 4.98 Å². The maximum absolute atomic E-state index is 5.18. The van der Waals surface area contributed by atoms with Crippen LogP contribution in [0.4, 0.5) is 5.95 Å². The average molecular weight is 301 g/mol. The van der Waals surface area contributed by atoms with E-state index in [-0.39, 0.29) is 0 Å². The van der Waals surface area contributed by atoms with E-state index in [0.29, 0.717) is 17.9 Å². The average Bonchev–Trinajstić information content (AvgIpc) is 2.39. The molecule has 1 unspecified atom stereocenters. The zero-order valence-corrected chi connectivity index (χ0v) is 11.7. The Bertz CT molecular complexity index is 382. The highest BCUT2D eigenvalue weighted by Gasteiger charge is 2.20. The van der Waals surface area contributed by atoms with Crippen molar-refractivity contribution in [2.75, 3.05) is 32.1 Å². The zero-order chi connectivity index (χ0) is 12.3. The van der Waals surface area contributed by atoms with Crippen LogP contribution in [-0.4, -0.2) is 43.3 Å². The Hall–Kier alpha value is -0.880. The summed E-state index contributed by atoms with van der Waals surface area (Å²) in [6.45, 7) is 2.09. The van der Waals surface area contributed by atoms with E-state index in [2.05, 4.69) is 36.1 Å². The fourth-order valence-corrected chi connectivity index (χ4v) is 2.34. The lowest BCUT2D eigenvalue weighted by Crippen LogP contribution is -2.44. The highest BCUT2D eigenvalue weighted by molar-refractivity contribution is 9.10. The molecule has 94 valence electrons. The lowest BCUT2D eigenvalue weighted by molar-refractivity contribution is 0.391. The van der Waals surface area contributed by atoms with Gasteiger partial charge in [0.2, 0.25) is 11.8 Å². The lowest BCUT2D eigenvalue weighted by atomic mass is 10.1. The molecule has 1 fully saturated rings. The Morgan fingerprint density at radius 3 is 3.06 bits per heavy atom. The first kappa shape index (κ1) is 12.6. The fraction of sp³-hybridized carbons (Fsp3) is 0.636. The number of anilines is 1. The van der Waals surface area contributed by atoms with Crippen LogP contribution >= 0.6 is 15.9 Å². The molecule has 0 bridgehead atoms. The molecule has 0 amide bonds. The van der Waals surface area contributed by atoms with Crippen LogP contribution in [0.3, 0.4) is 0 Å². The Morgan fingerprint density at radius 1 is 1.59 bits per heavy atom. The summed E-state index contributed by atoms with van der Waals surface area (Å²) in [5.41, 5.74) is 0. The summed E-state index contributed by atoms with van der Waals surface area (Å²) in [5, 5.41) is 3.39. The van der Waals surface area contributed by atoms with Gasteiger partial charge in [-0.3, -0.25) is 0 Å². The third-order valence-corrected chi connectivity index (χ3v) is 3.57. The van der Waals surface area contributed by atoms with Gasteiger partial charge >= 0.3 is 0 Å². The van der Waals surface area contributed by atoms with Crippen molar-refractivity contribution in [3.8, 4) is 5.88 Å². The van der Waals surface area contributed by atoms with Gasteiger partial charge in [0.25, 0.3) is 0 Å². The van der Waals surface area contributed by atoms with Crippen molar-refractivity contribution >= 4 is 21.9 Å². The van der Waals surface area contributed by atoms with E-state index < -0.39 is 0 Å². The van der Waals surface area contributed by atoms with E-state index in [0.717, 1.165) is 17.6 Å². The molecule has 1 aliphatic heterocycles. The highest BCUT2D eigenvalue weighted by atomic mass is 79.9. The number of ether oxygens (including phenoxy) is 1. The summed E-state index contributed by atoms with van der Waals surface area (Å²) in [4.78, 5) is 10.8. The summed E-state index contributed by atoms with van der Waals surface area (Å²) in [6, 6.07) is 0.453. The quantitative estimate of drug-likeness (QED) is 0.915. The fourth-order valence-electron chi connectivity index (χ4n) is 1.98. The number of halogens is 1. The smallest absolute Gasteiger partial charge is 0.232 e. The number of aromatic nitrogens is 2. The van der Waals surface area contributed by atoms with Gasteiger partial charge in [-0.05, 0) is 35.3 Å².